The molecule has 1 amide bonds. The molecule has 1 heterocycles. The fourth-order valence-electron chi connectivity index (χ4n) is 1.74. The van der Waals surface area contributed by atoms with E-state index >= 15 is 0 Å². The summed E-state index contributed by atoms with van der Waals surface area (Å²) in [5.41, 5.74) is 6.32. The molecule has 0 bridgehead atoms. The number of aliphatic hydroxyl groups excluding tert-OH is 1. The summed E-state index contributed by atoms with van der Waals surface area (Å²) in [5.74, 6) is -0.773. The maximum absolute atomic E-state index is 12.8. The van der Waals surface area contributed by atoms with Crippen molar-refractivity contribution in [3.63, 3.8) is 0 Å². The van der Waals surface area contributed by atoms with Gasteiger partial charge in [0.1, 0.15) is 5.82 Å². The second-order valence-electron chi connectivity index (χ2n) is 4.36. The van der Waals surface area contributed by atoms with Crippen molar-refractivity contribution < 1.29 is 14.3 Å². The molecule has 2 aromatic rings. The van der Waals surface area contributed by atoms with E-state index in [-0.39, 0.29) is 5.82 Å². The van der Waals surface area contributed by atoms with Crippen LogP contribution in [0.2, 0.25) is 0 Å². The monoisotopic (exact) mass is 294 g/mol. The van der Waals surface area contributed by atoms with Gasteiger partial charge in [-0.3, -0.25) is 4.79 Å². The Kier molecular flexibility index (Phi) is 4.84. The maximum Gasteiger partial charge on any atom is 0.249 e. The molecule has 1 unspecified atom stereocenters. The van der Waals surface area contributed by atoms with Crippen LogP contribution < -0.4 is 11.1 Å². The first-order valence-corrected chi connectivity index (χ1v) is 6.95. The van der Waals surface area contributed by atoms with E-state index in [1.165, 1.54) is 23.5 Å². The summed E-state index contributed by atoms with van der Waals surface area (Å²) < 4.78 is 12.8. The van der Waals surface area contributed by atoms with Gasteiger partial charge in [-0.25, -0.2) is 4.39 Å². The Balaban J connectivity index is 1.82. The Morgan fingerprint density at radius 1 is 1.40 bits per heavy atom. The average Bonchev–Trinajstić information content (AvgIpc) is 2.88. The van der Waals surface area contributed by atoms with Gasteiger partial charge in [-0.15, -0.1) is 11.3 Å². The molecule has 106 valence electrons. The van der Waals surface area contributed by atoms with Crippen LogP contribution in [-0.4, -0.2) is 17.6 Å². The summed E-state index contributed by atoms with van der Waals surface area (Å²) >= 11 is 1.43. The summed E-state index contributed by atoms with van der Waals surface area (Å²) in [6.07, 6.45) is -0.703. The van der Waals surface area contributed by atoms with Crippen molar-refractivity contribution in [2.45, 2.75) is 12.6 Å². The lowest BCUT2D eigenvalue weighted by atomic mass is 10.1. The molecule has 0 saturated heterocycles. The summed E-state index contributed by atoms with van der Waals surface area (Å²) in [5, 5.41) is 14.7. The van der Waals surface area contributed by atoms with Gasteiger partial charge in [0.05, 0.1) is 11.7 Å². The fraction of sp³-hybridized carbons (Fsp3) is 0.214. The fourth-order valence-corrected chi connectivity index (χ4v) is 2.58. The van der Waals surface area contributed by atoms with Crippen molar-refractivity contribution in [3.8, 4) is 0 Å². The van der Waals surface area contributed by atoms with Crippen LogP contribution in [0.25, 0.3) is 0 Å². The quantitative estimate of drug-likeness (QED) is 0.760. The Morgan fingerprint density at radius 2 is 2.10 bits per heavy atom. The van der Waals surface area contributed by atoms with Gasteiger partial charge < -0.3 is 16.2 Å². The summed E-state index contributed by atoms with van der Waals surface area (Å²) in [6, 6.07) is 7.47. The highest BCUT2D eigenvalue weighted by Gasteiger charge is 2.08. The lowest BCUT2D eigenvalue weighted by molar-refractivity contribution is 0.100. The van der Waals surface area contributed by atoms with Crippen molar-refractivity contribution in [1.82, 2.24) is 5.32 Å². The van der Waals surface area contributed by atoms with Crippen molar-refractivity contribution in [3.05, 3.63) is 57.5 Å². The zero-order valence-corrected chi connectivity index (χ0v) is 11.5. The number of aliphatic hydroxyl groups is 1. The van der Waals surface area contributed by atoms with Crippen LogP contribution in [0, 0.1) is 5.82 Å². The highest BCUT2D eigenvalue weighted by atomic mass is 32.1. The van der Waals surface area contributed by atoms with Gasteiger partial charge in [0.15, 0.2) is 0 Å². The second-order valence-corrected chi connectivity index (χ2v) is 5.36. The van der Waals surface area contributed by atoms with E-state index in [1.54, 1.807) is 23.6 Å². The van der Waals surface area contributed by atoms with Gasteiger partial charge in [0, 0.05) is 23.3 Å². The van der Waals surface area contributed by atoms with E-state index in [9.17, 15) is 14.3 Å². The Labute approximate surface area is 120 Å². The van der Waals surface area contributed by atoms with Crippen molar-refractivity contribution >= 4 is 17.2 Å². The molecule has 0 aliphatic rings. The molecule has 1 aromatic heterocycles. The van der Waals surface area contributed by atoms with E-state index in [2.05, 4.69) is 5.32 Å². The van der Waals surface area contributed by atoms with Crippen LogP contribution >= 0.6 is 11.3 Å². The first-order chi connectivity index (χ1) is 9.56. The lowest BCUT2D eigenvalue weighted by Gasteiger charge is -2.11. The minimum absolute atomic E-state index is 0.327. The number of amides is 1. The second kappa shape index (κ2) is 6.60. The molecular weight excluding hydrogens is 279 g/mol. The SMILES string of the molecule is NC(=O)c1csc(CNCC(O)c2ccc(F)cc2)c1. The molecule has 6 heteroatoms. The molecule has 20 heavy (non-hydrogen) atoms. The molecule has 4 N–H and O–H groups in total. The third kappa shape index (κ3) is 3.86. The molecular formula is C14H15FN2O2S. The minimum Gasteiger partial charge on any atom is -0.387 e. The Morgan fingerprint density at radius 3 is 2.70 bits per heavy atom. The zero-order valence-electron chi connectivity index (χ0n) is 10.7. The zero-order chi connectivity index (χ0) is 14.5. The van der Waals surface area contributed by atoms with Gasteiger partial charge in [0.2, 0.25) is 5.91 Å². The third-order valence-corrected chi connectivity index (χ3v) is 3.77. The number of benzene rings is 1. The molecule has 0 saturated carbocycles. The van der Waals surface area contributed by atoms with Crippen LogP contribution in [0.15, 0.2) is 35.7 Å². The number of nitrogens with two attached hydrogens (primary N) is 1. The van der Waals surface area contributed by atoms with E-state index in [0.29, 0.717) is 24.2 Å². The number of halogens is 1. The molecule has 0 spiro atoms. The number of thiophene rings is 1. The summed E-state index contributed by atoms with van der Waals surface area (Å²) in [6.45, 7) is 0.881. The van der Waals surface area contributed by atoms with Crippen LogP contribution in [0.4, 0.5) is 4.39 Å². The first-order valence-electron chi connectivity index (χ1n) is 6.07. The largest absolute Gasteiger partial charge is 0.387 e. The van der Waals surface area contributed by atoms with Crippen LogP contribution in [-0.2, 0) is 6.54 Å². The van der Waals surface area contributed by atoms with E-state index in [4.69, 9.17) is 5.73 Å². The Bertz CT molecular complexity index is 583. The van der Waals surface area contributed by atoms with Crippen molar-refractivity contribution in [1.29, 1.82) is 0 Å². The van der Waals surface area contributed by atoms with E-state index in [1.807, 2.05) is 0 Å². The van der Waals surface area contributed by atoms with Crippen LogP contribution in [0.5, 0.6) is 0 Å². The highest BCUT2D eigenvalue weighted by molar-refractivity contribution is 7.10. The van der Waals surface area contributed by atoms with Crippen LogP contribution in [0.1, 0.15) is 26.9 Å². The minimum atomic E-state index is -0.703. The number of rotatable bonds is 6. The van der Waals surface area contributed by atoms with Gasteiger partial charge in [-0.1, -0.05) is 12.1 Å². The molecule has 1 aromatic carbocycles. The molecule has 0 aliphatic carbocycles. The Hall–Kier alpha value is -1.76. The molecule has 2 rings (SSSR count). The van der Waals surface area contributed by atoms with Crippen LogP contribution in [0.3, 0.4) is 0 Å². The van der Waals surface area contributed by atoms with E-state index < -0.39 is 12.0 Å². The van der Waals surface area contributed by atoms with Gasteiger partial charge in [-0.05, 0) is 23.8 Å². The molecule has 0 aliphatic heterocycles. The highest BCUT2D eigenvalue weighted by Crippen LogP contribution is 2.15. The first kappa shape index (κ1) is 14.6. The standard InChI is InChI=1S/C14H15FN2O2S/c15-11-3-1-9(2-4-11)13(18)7-17-6-12-5-10(8-20-12)14(16)19/h1-5,8,13,17-18H,6-7H2,(H2,16,19). The number of hydrogen-bond donors (Lipinski definition) is 3. The lowest BCUT2D eigenvalue weighted by Crippen LogP contribution is -2.20. The number of nitrogens with one attached hydrogen (secondary N) is 1. The molecule has 0 fully saturated rings. The predicted molar refractivity (Wildman–Crippen MR) is 75.9 cm³/mol. The normalized spacial score (nSPS) is 12.3. The number of primary amides is 1. The molecule has 4 nitrogen and oxygen atoms in total. The molecule has 0 radical (unpaired) electrons. The summed E-state index contributed by atoms with van der Waals surface area (Å²) in [7, 11) is 0. The van der Waals surface area contributed by atoms with Crippen molar-refractivity contribution in [2.75, 3.05) is 6.54 Å². The predicted octanol–water partition coefficient (Wildman–Crippen LogP) is 1.81. The topological polar surface area (TPSA) is 75.4 Å². The molecule has 1 atom stereocenters. The number of carbonyl (C=O) groups excluding carboxylic acids is 1. The van der Waals surface area contributed by atoms with Gasteiger partial charge in [0.25, 0.3) is 0 Å². The van der Waals surface area contributed by atoms with Crippen molar-refractivity contribution in [2.24, 2.45) is 5.73 Å². The van der Waals surface area contributed by atoms with E-state index in [0.717, 1.165) is 4.88 Å². The number of carbonyl (C=O) groups is 1. The smallest absolute Gasteiger partial charge is 0.249 e. The van der Waals surface area contributed by atoms with Gasteiger partial charge in [-0.2, -0.15) is 0 Å². The maximum atomic E-state index is 12.8. The third-order valence-electron chi connectivity index (χ3n) is 2.83. The van der Waals surface area contributed by atoms with Gasteiger partial charge >= 0.3 is 0 Å². The number of hydrogen-bond acceptors (Lipinski definition) is 4. The average molecular weight is 294 g/mol. The summed E-state index contributed by atoms with van der Waals surface area (Å²) in [4.78, 5) is 11.9.